The summed E-state index contributed by atoms with van der Waals surface area (Å²) in [5.41, 5.74) is 10.3. The van der Waals surface area contributed by atoms with E-state index >= 15 is 0 Å². The van der Waals surface area contributed by atoms with E-state index in [0.29, 0.717) is 11.5 Å². The van der Waals surface area contributed by atoms with E-state index in [9.17, 15) is 4.79 Å². The summed E-state index contributed by atoms with van der Waals surface area (Å²) in [6.45, 7) is 6.60. The van der Waals surface area contributed by atoms with E-state index in [-0.39, 0.29) is 5.91 Å². The van der Waals surface area contributed by atoms with Gasteiger partial charge in [-0.05, 0) is 78.9 Å². The molecule has 0 radical (unpaired) electrons. The number of hydrogen-bond acceptors (Lipinski definition) is 4. The van der Waals surface area contributed by atoms with Gasteiger partial charge in [-0.15, -0.1) is 0 Å². The van der Waals surface area contributed by atoms with Crippen LogP contribution in [0.3, 0.4) is 0 Å². The molecule has 1 N–H and O–H groups in total. The van der Waals surface area contributed by atoms with Gasteiger partial charge in [0.15, 0.2) is 0 Å². The van der Waals surface area contributed by atoms with Crippen molar-refractivity contribution in [1.82, 2.24) is 19.8 Å². The molecule has 0 saturated carbocycles. The lowest BCUT2D eigenvalue weighted by atomic mass is 9.91. The minimum Gasteiger partial charge on any atom is -0.381 e. The molecule has 6 nitrogen and oxygen atoms in total. The number of hydrogen-bond donors (Lipinski definition) is 1. The lowest BCUT2D eigenvalue weighted by Gasteiger charge is -2.27. The van der Waals surface area contributed by atoms with Crippen LogP contribution in [0, 0.1) is 12.8 Å². The molecule has 0 aliphatic carbocycles. The third-order valence-corrected chi connectivity index (χ3v) is 7.96. The van der Waals surface area contributed by atoms with E-state index < -0.39 is 0 Å². The van der Waals surface area contributed by atoms with Crippen molar-refractivity contribution in [3.8, 4) is 22.3 Å². The second-order valence-corrected chi connectivity index (χ2v) is 10.7. The van der Waals surface area contributed by atoms with Gasteiger partial charge in [0, 0.05) is 73.7 Å². The predicted molar refractivity (Wildman–Crippen MR) is 148 cm³/mol. The Morgan fingerprint density at radius 3 is 2.78 bits per heavy atom. The second-order valence-electron chi connectivity index (χ2n) is 10.7. The van der Waals surface area contributed by atoms with Crippen molar-refractivity contribution >= 4 is 16.9 Å². The zero-order chi connectivity index (χ0) is 25.5. The highest BCUT2D eigenvalue weighted by Gasteiger charge is 2.21. The van der Waals surface area contributed by atoms with Crippen LogP contribution in [0.2, 0.25) is 0 Å². The average Bonchev–Trinajstić information content (AvgIpc) is 3.57. The molecule has 0 unspecified atom stereocenters. The van der Waals surface area contributed by atoms with Crippen LogP contribution in [0.1, 0.15) is 33.5 Å². The highest BCUT2D eigenvalue weighted by Crippen LogP contribution is 2.33. The summed E-state index contributed by atoms with van der Waals surface area (Å²) in [4.78, 5) is 25.2. The molecule has 0 bridgehead atoms. The number of nitrogens with one attached hydrogen (secondary N) is 1. The molecule has 190 valence electrons. The van der Waals surface area contributed by atoms with Crippen molar-refractivity contribution in [3.05, 3.63) is 77.1 Å². The first-order valence-electron chi connectivity index (χ1n) is 13.2. The molecular formula is C31H34N4O2. The maximum atomic E-state index is 13.0. The Bertz CT molecular complexity index is 1450. The number of carbonyl (C=O) groups excluding carboxylic acids is 1. The van der Waals surface area contributed by atoms with Crippen LogP contribution in [0.4, 0.5) is 0 Å². The van der Waals surface area contributed by atoms with E-state index in [0.717, 1.165) is 73.4 Å². The summed E-state index contributed by atoms with van der Waals surface area (Å²) in [5.74, 6) is 0.482. The number of fused-ring (bicyclic) bond motifs is 2. The van der Waals surface area contributed by atoms with E-state index in [1.807, 2.05) is 48.6 Å². The molecule has 2 aromatic heterocycles. The Morgan fingerprint density at radius 1 is 1.16 bits per heavy atom. The van der Waals surface area contributed by atoms with E-state index in [1.54, 1.807) is 0 Å². The summed E-state index contributed by atoms with van der Waals surface area (Å²) in [6.07, 6.45) is 6.11. The first kappa shape index (κ1) is 23.9. The SMILES string of the molecule is Cc1cc(-c2cnc3[nH]cc(-c4ccc(C(=O)N(C)C[C@@H]5CCOC5)cc4)c3c2)cc2c1CCN(C)C2. The number of aromatic nitrogens is 2. The summed E-state index contributed by atoms with van der Waals surface area (Å²) in [6, 6.07) is 14.8. The molecule has 2 aromatic carbocycles. The van der Waals surface area contributed by atoms with Crippen molar-refractivity contribution in [2.75, 3.05) is 40.4 Å². The van der Waals surface area contributed by atoms with Crippen LogP contribution >= 0.6 is 0 Å². The number of pyridine rings is 1. The van der Waals surface area contributed by atoms with Crippen LogP contribution < -0.4 is 0 Å². The maximum absolute atomic E-state index is 13.0. The first-order chi connectivity index (χ1) is 18.0. The molecule has 1 saturated heterocycles. The van der Waals surface area contributed by atoms with Crippen molar-refractivity contribution < 1.29 is 9.53 Å². The minimum atomic E-state index is 0.0507. The molecule has 1 atom stereocenters. The second kappa shape index (κ2) is 9.77. The van der Waals surface area contributed by atoms with Crippen molar-refractivity contribution in [2.45, 2.75) is 26.3 Å². The van der Waals surface area contributed by atoms with Gasteiger partial charge in [0.2, 0.25) is 0 Å². The number of rotatable bonds is 5. The number of benzene rings is 2. The molecule has 6 heteroatoms. The van der Waals surface area contributed by atoms with Crippen molar-refractivity contribution in [1.29, 1.82) is 0 Å². The largest absolute Gasteiger partial charge is 0.381 e. The predicted octanol–water partition coefficient (Wildman–Crippen LogP) is 5.30. The number of aryl methyl sites for hydroxylation is 1. The molecule has 4 heterocycles. The van der Waals surface area contributed by atoms with E-state index in [1.165, 1.54) is 22.3 Å². The Hall–Kier alpha value is -3.48. The van der Waals surface area contributed by atoms with Gasteiger partial charge in [-0.1, -0.05) is 18.2 Å². The molecular weight excluding hydrogens is 460 g/mol. The van der Waals surface area contributed by atoms with Gasteiger partial charge in [0.05, 0.1) is 6.61 Å². The van der Waals surface area contributed by atoms with Gasteiger partial charge in [-0.3, -0.25) is 4.79 Å². The van der Waals surface area contributed by atoms with Crippen molar-refractivity contribution in [3.63, 3.8) is 0 Å². The summed E-state index contributed by atoms with van der Waals surface area (Å²) in [7, 11) is 4.06. The van der Waals surface area contributed by atoms with Gasteiger partial charge in [-0.2, -0.15) is 0 Å². The number of likely N-dealkylation sites (N-methyl/N-ethyl adjacent to an activating group) is 1. The normalized spacial score (nSPS) is 17.8. The number of ether oxygens (including phenoxy) is 1. The lowest BCUT2D eigenvalue weighted by Crippen LogP contribution is -2.32. The minimum absolute atomic E-state index is 0.0507. The Balaban J connectivity index is 1.27. The smallest absolute Gasteiger partial charge is 0.253 e. The lowest BCUT2D eigenvalue weighted by molar-refractivity contribution is 0.0766. The van der Waals surface area contributed by atoms with Crippen LogP contribution in [-0.2, 0) is 17.7 Å². The van der Waals surface area contributed by atoms with Crippen LogP contribution in [0.5, 0.6) is 0 Å². The average molecular weight is 495 g/mol. The molecule has 2 aliphatic rings. The summed E-state index contributed by atoms with van der Waals surface area (Å²) in [5, 5.41) is 1.09. The fourth-order valence-electron chi connectivity index (χ4n) is 5.84. The van der Waals surface area contributed by atoms with E-state index in [4.69, 9.17) is 9.72 Å². The van der Waals surface area contributed by atoms with Gasteiger partial charge in [-0.25, -0.2) is 4.98 Å². The third kappa shape index (κ3) is 4.67. The number of nitrogens with zero attached hydrogens (tertiary/aromatic N) is 3. The molecule has 2 aliphatic heterocycles. The Labute approximate surface area is 218 Å². The number of aromatic amines is 1. The summed E-state index contributed by atoms with van der Waals surface area (Å²) >= 11 is 0. The zero-order valence-electron chi connectivity index (χ0n) is 21.9. The van der Waals surface area contributed by atoms with Gasteiger partial charge < -0.3 is 19.5 Å². The van der Waals surface area contributed by atoms with Crippen LogP contribution in [-0.4, -0.2) is 66.1 Å². The molecule has 37 heavy (non-hydrogen) atoms. The van der Waals surface area contributed by atoms with Crippen molar-refractivity contribution in [2.24, 2.45) is 5.92 Å². The fourth-order valence-corrected chi connectivity index (χ4v) is 5.84. The molecule has 0 spiro atoms. The third-order valence-electron chi connectivity index (χ3n) is 7.96. The Kier molecular flexibility index (Phi) is 6.31. The molecule has 1 amide bonds. The molecule has 4 aromatic rings. The monoisotopic (exact) mass is 494 g/mol. The summed E-state index contributed by atoms with van der Waals surface area (Å²) < 4.78 is 5.46. The van der Waals surface area contributed by atoms with Gasteiger partial charge in [0.1, 0.15) is 5.65 Å². The van der Waals surface area contributed by atoms with Crippen LogP contribution in [0.25, 0.3) is 33.3 Å². The van der Waals surface area contributed by atoms with Gasteiger partial charge >= 0.3 is 0 Å². The Morgan fingerprint density at radius 2 is 2.00 bits per heavy atom. The first-order valence-corrected chi connectivity index (χ1v) is 13.2. The van der Waals surface area contributed by atoms with Crippen LogP contribution in [0.15, 0.2) is 54.9 Å². The quantitative estimate of drug-likeness (QED) is 0.409. The zero-order valence-corrected chi connectivity index (χ0v) is 21.9. The molecule has 1 fully saturated rings. The number of H-pyrrole nitrogens is 1. The highest BCUT2D eigenvalue weighted by atomic mass is 16.5. The van der Waals surface area contributed by atoms with Gasteiger partial charge in [0.25, 0.3) is 5.91 Å². The fraction of sp³-hybridized carbons (Fsp3) is 0.355. The molecule has 6 rings (SSSR count). The standard InChI is InChI=1S/C31H34N4O2/c1-20-12-24(13-26-18-34(2)10-8-27(20)26)25-14-28-29(16-33-30(28)32-15-25)22-4-6-23(7-5-22)31(36)35(3)17-21-9-11-37-19-21/h4-7,12-16,21H,8-11,17-19H2,1-3H3,(H,32,33)/t21-/m0/s1. The highest BCUT2D eigenvalue weighted by molar-refractivity contribution is 5.98. The van der Waals surface area contributed by atoms with E-state index in [2.05, 4.69) is 42.1 Å². The number of amides is 1. The number of carbonyl (C=O) groups is 1. The maximum Gasteiger partial charge on any atom is 0.253 e. The topological polar surface area (TPSA) is 61.5 Å².